The Labute approximate surface area is 170 Å². The zero-order valence-electron chi connectivity index (χ0n) is 15.1. The lowest BCUT2D eigenvalue weighted by Gasteiger charge is -2.06. The SMILES string of the molecule is CCCS(=O)(=O)c1ncc(Cl)c(C(=O)Nc2nc3ccc(OCC)cc3s2)n1. The summed E-state index contributed by atoms with van der Waals surface area (Å²) in [5.41, 5.74) is 0.476. The Morgan fingerprint density at radius 2 is 2.07 bits per heavy atom. The van der Waals surface area contributed by atoms with E-state index in [1.807, 2.05) is 13.0 Å². The molecule has 3 aromatic rings. The van der Waals surface area contributed by atoms with E-state index in [1.165, 1.54) is 11.3 Å². The third-order valence-corrected chi connectivity index (χ3v) is 6.49. The van der Waals surface area contributed by atoms with Crippen molar-refractivity contribution in [3.05, 3.63) is 35.1 Å². The predicted molar refractivity (Wildman–Crippen MR) is 108 cm³/mol. The van der Waals surface area contributed by atoms with E-state index >= 15 is 0 Å². The van der Waals surface area contributed by atoms with Crippen LogP contribution in [0.2, 0.25) is 5.02 Å². The van der Waals surface area contributed by atoms with Crippen LogP contribution in [0.25, 0.3) is 10.2 Å². The number of amides is 1. The first-order valence-corrected chi connectivity index (χ1v) is 11.3. The molecule has 0 atom stereocenters. The molecule has 1 N–H and O–H groups in total. The Morgan fingerprint density at radius 3 is 2.79 bits per heavy atom. The van der Waals surface area contributed by atoms with E-state index in [-0.39, 0.29) is 16.5 Å². The number of carbonyl (C=O) groups excluding carboxylic acids is 1. The summed E-state index contributed by atoms with van der Waals surface area (Å²) in [4.78, 5) is 24.5. The average Bonchev–Trinajstić information content (AvgIpc) is 3.03. The number of nitrogens with one attached hydrogen (secondary N) is 1. The summed E-state index contributed by atoms with van der Waals surface area (Å²) >= 11 is 7.26. The van der Waals surface area contributed by atoms with Crippen molar-refractivity contribution in [2.24, 2.45) is 0 Å². The normalized spacial score (nSPS) is 11.5. The minimum absolute atomic E-state index is 0.0484. The fraction of sp³-hybridized carbons (Fsp3) is 0.294. The van der Waals surface area contributed by atoms with E-state index in [4.69, 9.17) is 16.3 Å². The highest BCUT2D eigenvalue weighted by Crippen LogP contribution is 2.30. The van der Waals surface area contributed by atoms with Gasteiger partial charge in [0, 0.05) is 0 Å². The number of sulfone groups is 1. The smallest absolute Gasteiger partial charge is 0.277 e. The minimum Gasteiger partial charge on any atom is -0.494 e. The van der Waals surface area contributed by atoms with Gasteiger partial charge in [0.25, 0.3) is 5.91 Å². The molecule has 0 saturated carbocycles. The Balaban J connectivity index is 1.87. The van der Waals surface area contributed by atoms with Gasteiger partial charge in [0.2, 0.25) is 15.0 Å². The highest BCUT2D eigenvalue weighted by molar-refractivity contribution is 7.91. The molecule has 3 rings (SSSR count). The molecule has 11 heteroatoms. The van der Waals surface area contributed by atoms with Crippen LogP contribution in [0.15, 0.2) is 29.6 Å². The summed E-state index contributed by atoms with van der Waals surface area (Å²) in [6, 6.07) is 5.42. The van der Waals surface area contributed by atoms with E-state index in [1.54, 1.807) is 19.1 Å². The molecule has 0 aliphatic rings. The molecule has 1 amide bonds. The average molecular weight is 441 g/mol. The van der Waals surface area contributed by atoms with E-state index in [2.05, 4.69) is 20.3 Å². The number of fused-ring (bicyclic) bond motifs is 1. The lowest BCUT2D eigenvalue weighted by molar-refractivity contribution is 0.102. The molecular weight excluding hydrogens is 424 g/mol. The Kier molecular flexibility index (Phi) is 6.11. The number of hydrogen-bond donors (Lipinski definition) is 1. The molecule has 0 radical (unpaired) electrons. The van der Waals surface area contributed by atoms with Crippen molar-refractivity contribution in [2.75, 3.05) is 17.7 Å². The number of benzene rings is 1. The van der Waals surface area contributed by atoms with Crippen molar-refractivity contribution in [1.29, 1.82) is 0 Å². The van der Waals surface area contributed by atoms with Gasteiger partial charge in [-0.25, -0.2) is 23.4 Å². The Morgan fingerprint density at radius 1 is 1.29 bits per heavy atom. The highest BCUT2D eigenvalue weighted by atomic mass is 35.5. The maximum atomic E-state index is 12.6. The van der Waals surface area contributed by atoms with Crippen molar-refractivity contribution in [3.63, 3.8) is 0 Å². The van der Waals surface area contributed by atoms with Crippen molar-refractivity contribution >= 4 is 54.0 Å². The number of rotatable bonds is 7. The summed E-state index contributed by atoms with van der Waals surface area (Å²) in [5.74, 6) is -0.0685. The maximum Gasteiger partial charge on any atom is 0.277 e. The van der Waals surface area contributed by atoms with Crippen LogP contribution in [0.1, 0.15) is 30.8 Å². The van der Waals surface area contributed by atoms with Gasteiger partial charge >= 0.3 is 0 Å². The molecule has 0 saturated heterocycles. The van der Waals surface area contributed by atoms with Gasteiger partial charge in [-0.15, -0.1) is 0 Å². The molecule has 1 aromatic carbocycles. The number of carbonyl (C=O) groups is 1. The lowest BCUT2D eigenvalue weighted by Crippen LogP contribution is -2.18. The maximum absolute atomic E-state index is 12.6. The molecule has 0 aliphatic carbocycles. The summed E-state index contributed by atoms with van der Waals surface area (Å²) < 4.78 is 30.6. The Bertz CT molecular complexity index is 1130. The van der Waals surface area contributed by atoms with Crippen LogP contribution in [0.4, 0.5) is 5.13 Å². The fourth-order valence-electron chi connectivity index (χ4n) is 2.39. The van der Waals surface area contributed by atoms with E-state index < -0.39 is 20.9 Å². The van der Waals surface area contributed by atoms with Crippen molar-refractivity contribution in [1.82, 2.24) is 15.0 Å². The van der Waals surface area contributed by atoms with Crippen molar-refractivity contribution in [2.45, 2.75) is 25.4 Å². The monoisotopic (exact) mass is 440 g/mol. The predicted octanol–water partition coefficient (Wildman–Crippen LogP) is 3.57. The molecular formula is C17H17ClN4O4S2. The van der Waals surface area contributed by atoms with E-state index in [0.717, 1.165) is 10.9 Å². The van der Waals surface area contributed by atoms with Gasteiger partial charge in [-0.2, -0.15) is 0 Å². The summed E-state index contributed by atoms with van der Waals surface area (Å²) in [6.07, 6.45) is 1.52. The quantitative estimate of drug-likeness (QED) is 0.559. The molecule has 2 heterocycles. The van der Waals surface area contributed by atoms with Gasteiger partial charge in [-0.1, -0.05) is 29.9 Å². The van der Waals surface area contributed by atoms with Gasteiger partial charge in [0.15, 0.2) is 10.8 Å². The molecule has 0 bridgehead atoms. The van der Waals surface area contributed by atoms with Crippen LogP contribution in [-0.2, 0) is 9.84 Å². The molecule has 2 aromatic heterocycles. The van der Waals surface area contributed by atoms with E-state index in [0.29, 0.717) is 29.4 Å². The number of hydrogen-bond acceptors (Lipinski definition) is 8. The molecule has 8 nitrogen and oxygen atoms in total. The largest absolute Gasteiger partial charge is 0.494 e. The standard InChI is InChI=1S/C17H17ClN4O4S2/c1-3-7-28(24,25)17-19-9-11(18)14(21-17)15(23)22-16-20-12-6-5-10(26-4-2)8-13(12)27-16/h5-6,8-9H,3-4,7H2,1-2H3,(H,20,22,23). The number of halogens is 1. The van der Waals surface area contributed by atoms with Crippen LogP contribution in [-0.4, -0.2) is 41.6 Å². The topological polar surface area (TPSA) is 111 Å². The van der Waals surface area contributed by atoms with Crippen LogP contribution >= 0.6 is 22.9 Å². The molecule has 0 unspecified atom stereocenters. The van der Waals surface area contributed by atoms with Gasteiger partial charge in [0.05, 0.1) is 33.8 Å². The molecule has 0 spiro atoms. The minimum atomic E-state index is -3.67. The second-order valence-corrected chi connectivity index (χ2v) is 9.14. The summed E-state index contributed by atoms with van der Waals surface area (Å²) in [7, 11) is -3.67. The molecule has 0 aliphatic heterocycles. The second kappa shape index (κ2) is 8.38. The van der Waals surface area contributed by atoms with Crippen LogP contribution in [0.5, 0.6) is 5.75 Å². The number of nitrogens with zero attached hydrogens (tertiary/aromatic N) is 3. The molecule has 148 valence electrons. The van der Waals surface area contributed by atoms with Gasteiger partial charge in [0.1, 0.15) is 5.75 Å². The van der Waals surface area contributed by atoms with Gasteiger partial charge < -0.3 is 4.74 Å². The number of aromatic nitrogens is 3. The van der Waals surface area contributed by atoms with Crippen LogP contribution in [0, 0.1) is 0 Å². The first kappa shape index (κ1) is 20.4. The number of anilines is 1. The molecule has 28 heavy (non-hydrogen) atoms. The lowest BCUT2D eigenvalue weighted by atomic mass is 10.3. The van der Waals surface area contributed by atoms with Gasteiger partial charge in [-0.05, 0) is 31.5 Å². The van der Waals surface area contributed by atoms with E-state index in [9.17, 15) is 13.2 Å². The number of thiazole rings is 1. The van der Waals surface area contributed by atoms with Gasteiger partial charge in [-0.3, -0.25) is 10.1 Å². The fourth-order valence-corrected chi connectivity index (χ4v) is 4.62. The van der Waals surface area contributed by atoms with Crippen molar-refractivity contribution in [3.8, 4) is 5.75 Å². The third kappa shape index (κ3) is 4.40. The van der Waals surface area contributed by atoms with Crippen LogP contribution in [0.3, 0.4) is 0 Å². The van der Waals surface area contributed by atoms with Crippen molar-refractivity contribution < 1.29 is 17.9 Å². The first-order chi connectivity index (χ1) is 13.3. The number of ether oxygens (including phenoxy) is 1. The highest BCUT2D eigenvalue weighted by Gasteiger charge is 2.22. The zero-order chi connectivity index (χ0) is 20.3. The summed E-state index contributed by atoms with van der Waals surface area (Å²) in [5, 5.41) is 2.47. The van der Waals surface area contributed by atoms with Crippen LogP contribution < -0.4 is 10.1 Å². The Hall–Kier alpha value is -2.30. The molecule has 0 fully saturated rings. The zero-order valence-corrected chi connectivity index (χ0v) is 17.5. The third-order valence-electron chi connectivity index (χ3n) is 3.58. The summed E-state index contributed by atoms with van der Waals surface area (Å²) in [6.45, 7) is 4.16. The second-order valence-electron chi connectivity index (χ2n) is 5.70. The first-order valence-electron chi connectivity index (χ1n) is 8.44.